The van der Waals surface area contributed by atoms with E-state index in [0.717, 1.165) is 38.5 Å². The molecule has 5 unspecified atom stereocenters. The number of hydrogen-bond acceptors (Lipinski definition) is 3. The molecule has 3 saturated carbocycles. The van der Waals surface area contributed by atoms with Crippen molar-refractivity contribution in [2.75, 3.05) is 7.05 Å². The summed E-state index contributed by atoms with van der Waals surface area (Å²) < 4.78 is 41.2. The third-order valence-corrected chi connectivity index (χ3v) is 10.4. The minimum absolute atomic E-state index is 0.0506. The molecule has 5 rings (SSSR count). The van der Waals surface area contributed by atoms with Crippen molar-refractivity contribution >= 4 is 11.8 Å². The molecule has 1 aromatic rings. The maximum Gasteiger partial charge on any atom is 0.414 e. The number of fused-ring (bicyclic) bond motifs is 5. The van der Waals surface area contributed by atoms with E-state index >= 15 is 0 Å². The first-order valence-corrected chi connectivity index (χ1v) is 13.2. The lowest BCUT2D eigenvalue weighted by atomic mass is 9.47. The summed E-state index contributed by atoms with van der Waals surface area (Å²) in [5.41, 5.74) is -0.297. The molecule has 36 heavy (non-hydrogen) atoms. The number of nitrogens with zero attached hydrogens (tertiary/aromatic N) is 2. The van der Waals surface area contributed by atoms with Gasteiger partial charge in [0.15, 0.2) is 6.04 Å². The minimum Gasteiger partial charge on any atom is -0.340 e. The van der Waals surface area contributed by atoms with Crippen LogP contribution in [0.3, 0.4) is 0 Å². The number of rotatable bonds is 4. The van der Waals surface area contributed by atoms with E-state index in [1.807, 2.05) is 11.9 Å². The molecule has 2 heterocycles. The molecule has 0 saturated heterocycles. The molecule has 0 spiro atoms. The lowest BCUT2D eigenvalue weighted by molar-refractivity contribution is -0.165. The van der Waals surface area contributed by atoms with Gasteiger partial charge in [-0.3, -0.25) is 14.6 Å². The first-order chi connectivity index (χ1) is 16.9. The van der Waals surface area contributed by atoms with Crippen molar-refractivity contribution in [3.05, 3.63) is 42.2 Å². The normalized spacial score (nSPS) is 38.7. The summed E-state index contributed by atoms with van der Waals surface area (Å²) in [6.07, 6.45) is 6.59. The Morgan fingerprint density at radius 3 is 2.64 bits per heavy atom. The van der Waals surface area contributed by atoms with Gasteiger partial charge in [-0.2, -0.15) is 13.2 Å². The van der Waals surface area contributed by atoms with Crippen LogP contribution in [0.2, 0.25) is 0 Å². The number of aromatic nitrogens is 1. The fourth-order valence-corrected chi connectivity index (χ4v) is 8.50. The molecule has 1 aromatic heterocycles. The highest BCUT2D eigenvalue weighted by molar-refractivity contribution is 5.89. The molecule has 3 fully saturated rings. The Bertz CT molecular complexity index is 1040. The molecule has 196 valence electrons. The van der Waals surface area contributed by atoms with Crippen LogP contribution in [0.4, 0.5) is 13.2 Å². The summed E-state index contributed by atoms with van der Waals surface area (Å²) in [5.74, 6) is 1.04. The van der Waals surface area contributed by atoms with E-state index < -0.39 is 18.1 Å². The van der Waals surface area contributed by atoms with Crippen LogP contribution in [0.25, 0.3) is 0 Å². The second kappa shape index (κ2) is 8.88. The predicted molar refractivity (Wildman–Crippen MR) is 129 cm³/mol. The van der Waals surface area contributed by atoms with E-state index in [1.54, 1.807) is 12.1 Å². The van der Waals surface area contributed by atoms with Gasteiger partial charge >= 0.3 is 6.18 Å². The first-order valence-electron chi connectivity index (χ1n) is 13.2. The number of hydrogen-bond donors (Lipinski definition) is 1. The summed E-state index contributed by atoms with van der Waals surface area (Å²) in [4.78, 5) is 31.0. The SMILES string of the molecule is CN1C(=O)C=C[C@]2(C)C3CC[C@@]4(C)C(CC[C@@H]4CC(=O)NC(c4ccccn4)C(F)(F)F)C3CCC12. The molecular weight excluding hydrogens is 467 g/mol. The van der Waals surface area contributed by atoms with Crippen LogP contribution in [0.1, 0.15) is 70.5 Å². The summed E-state index contributed by atoms with van der Waals surface area (Å²) in [7, 11) is 1.91. The summed E-state index contributed by atoms with van der Waals surface area (Å²) >= 11 is 0. The molecule has 0 bridgehead atoms. The largest absolute Gasteiger partial charge is 0.414 e. The Balaban J connectivity index is 1.30. The third-order valence-electron chi connectivity index (χ3n) is 10.4. The first kappa shape index (κ1) is 25.3. The third kappa shape index (κ3) is 4.04. The standard InChI is InChI=1S/C28H36F3N3O2/c1-26-13-11-20-18(8-10-22-27(20,2)14-12-24(36)34(22)3)19(26)9-7-17(26)16-23(35)33-25(28(29,30)31)21-6-4-5-15-32-21/h4-6,12,14-15,17-20,22,25H,7-11,13,16H2,1-3H3,(H,33,35)/t17-,18?,19?,20?,22?,25?,26-,27-/m1/s1. The molecule has 3 aliphatic carbocycles. The van der Waals surface area contributed by atoms with Gasteiger partial charge in [-0.05, 0) is 85.8 Å². The Kier molecular flexibility index (Phi) is 6.23. The average Bonchev–Trinajstić information content (AvgIpc) is 3.16. The molecule has 0 aromatic carbocycles. The molecule has 8 atom stereocenters. The van der Waals surface area contributed by atoms with Gasteiger partial charge in [0.25, 0.3) is 0 Å². The van der Waals surface area contributed by atoms with Crippen LogP contribution in [0, 0.1) is 34.5 Å². The van der Waals surface area contributed by atoms with Crippen LogP contribution in [-0.4, -0.2) is 41.0 Å². The molecule has 8 heteroatoms. The lowest BCUT2D eigenvalue weighted by Crippen LogP contribution is -2.59. The highest BCUT2D eigenvalue weighted by Gasteiger charge is 2.60. The summed E-state index contributed by atoms with van der Waals surface area (Å²) in [6, 6.07) is 2.48. The summed E-state index contributed by atoms with van der Waals surface area (Å²) in [6.45, 7) is 4.56. The average molecular weight is 504 g/mol. The van der Waals surface area contributed by atoms with E-state index in [4.69, 9.17) is 0 Å². The van der Waals surface area contributed by atoms with E-state index in [1.165, 1.54) is 18.3 Å². The Morgan fingerprint density at radius 2 is 1.94 bits per heavy atom. The van der Waals surface area contributed by atoms with Gasteiger partial charge in [-0.25, -0.2) is 0 Å². The zero-order valence-electron chi connectivity index (χ0n) is 21.2. The topological polar surface area (TPSA) is 62.3 Å². The Labute approximate surface area is 210 Å². The van der Waals surface area contributed by atoms with E-state index in [9.17, 15) is 22.8 Å². The van der Waals surface area contributed by atoms with Crippen molar-refractivity contribution in [1.82, 2.24) is 15.2 Å². The molecule has 4 aliphatic rings. The van der Waals surface area contributed by atoms with E-state index in [-0.39, 0.29) is 40.8 Å². The highest BCUT2D eigenvalue weighted by atomic mass is 19.4. The van der Waals surface area contributed by atoms with Gasteiger partial charge < -0.3 is 10.2 Å². The maximum absolute atomic E-state index is 13.7. The monoisotopic (exact) mass is 503 g/mol. The van der Waals surface area contributed by atoms with Gasteiger partial charge in [-0.15, -0.1) is 0 Å². The minimum atomic E-state index is -4.61. The number of alkyl halides is 3. The predicted octanol–water partition coefficient (Wildman–Crippen LogP) is 5.45. The number of pyridine rings is 1. The van der Waals surface area contributed by atoms with Gasteiger partial charge in [0.05, 0.1) is 5.69 Å². The van der Waals surface area contributed by atoms with Crippen LogP contribution in [0.5, 0.6) is 0 Å². The van der Waals surface area contributed by atoms with Crippen LogP contribution >= 0.6 is 0 Å². The Hall–Kier alpha value is -2.38. The second-order valence-electron chi connectivity index (χ2n) is 11.9. The van der Waals surface area contributed by atoms with Crippen LogP contribution < -0.4 is 5.32 Å². The molecule has 1 N–H and O–H groups in total. The van der Waals surface area contributed by atoms with Crippen molar-refractivity contribution in [3.63, 3.8) is 0 Å². The zero-order valence-corrected chi connectivity index (χ0v) is 21.2. The molecule has 5 nitrogen and oxygen atoms in total. The molecule has 1 aliphatic heterocycles. The molecule has 0 radical (unpaired) electrons. The van der Waals surface area contributed by atoms with Crippen LogP contribution in [0.15, 0.2) is 36.5 Å². The van der Waals surface area contributed by atoms with Crippen molar-refractivity contribution in [1.29, 1.82) is 0 Å². The highest BCUT2D eigenvalue weighted by Crippen LogP contribution is 2.66. The van der Waals surface area contributed by atoms with Gasteiger partial charge in [0.1, 0.15) is 0 Å². The van der Waals surface area contributed by atoms with Gasteiger partial charge in [0, 0.05) is 31.1 Å². The second-order valence-corrected chi connectivity index (χ2v) is 11.9. The number of likely N-dealkylation sites (N-methyl/N-ethyl adjacent to an activating group) is 1. The van der Waals surface area contributed by atoms with Crippen molar-refractivity contribution in [3.8, 4) is 0 Å². The number of carbonyl (C=O) groups is 2. The van der Waals surface area contributed by atoms with Crippen molar-refractivity contribution in [2.45, 2.75) is 77.1 Å². The quantitative estimate of drug-likeness (QED) is 0.595. The van der Waals surface area contributed by atoms with E-state index in [2.05, 4.69) is 30.2 Å². The van der Waals surface area contributed by atoms with Crippen molar-refractivity contribution < 1.29 is 22.8 Å². The van der Waals surface area contributed by atoms with Gasteiger partial charge in [-0.1, -0.05) is 26.0 Å². The smallest absolute Gasteiger partial charge is 0.340 e. The maximum atomic E-state index is 13.7. The lowest BCUT2D eigenvalue weighted by Gasteiger charge is -2.60. The van der Waals surface area contributed by atoms with Crippen LogP contribution in [-0.2, 0) is 9.59 Å². The fourth-order valence-electron chi connectivity index (χ4n) is 8.50. The number of carbonyl (C=O) groups excluding carboxylic acids is 2. The summed E-state index contributed by atoms with van der Waals surface area (Å²) in [5, 5.41) is 2.25. The van der Waals surface area contributed by atoms with E-state index in [0.29, 0.717) is 17.8 Å². The number of nitrogens with one attached hydrogen (secondary N) is 1. The van der Waals surface area contributed by atoms with Crippen molar-refractivity contribution in [2.24, 2.45) is 34.5 Å². The zero-order chi connectivity index (χ0) is 25.9. The number of halogens is 3. The van der Waals surface area contributed by atoms with Gasteiger partial charge in [0.2, 0.25) is 11.8 Å². The molecular formula is C28H36F3N3O2. The Morgan fingerprint density at radius 1 is 1.17 bits per heavy atom. The fraction of sp³-hybridized carbons (Fsp3) is 0.679. The number of amides is 2. The molecule has 2 amide bonds.